The van der Waals surface area contributed by atoms with Crippen molar-refractivity contribution in [2.24, 2.45) is 22.9 Å². The van der Waals surface area contributed by atoms with Gasteiger partial charge in [-0.3, -0.25) is 28.8 Å². The zero-order valence-electron chi connectivity index (χ0n) is 18.4. The second-order valence-electron chi connectivity index (χ2n) is 7.42. The van der Waals surface area contributed by atoms with Crippen molar-refractivity contribution in [1.29, 1.82) is 0 Å². The number of carboxylic acid groups (broad SMARTS) is 1. The summed E-state index contributed by atoms with van der Waals surface area (Å²) in [5.74, 6) is -7.48. The molecule has 0 aromatic carbocycles. The first kappa shape index (κ1) is 28.5. The zero-order valence-corrected chi connectivity index (χ0v) is 18.4. The minimum absolute atomic E-state index is 0.223. The number of imidazole rings is 1. The van der Waals surface area contributed by atoms with E-state index in [1.54, 1.807) is 0 Å². The number of primary amides is 3. The van der Waals surface area contributed by atoms with E-state index < -0.39 is 84.8 Å². The van der Waals surface area contributed by atoms with Gasteiger partial charge in [-0.05, 0) is 0 Å². The van der Waals surface area contributed by atoms with Crippen molar-refractivity contribution in [2.45, 2.75) is 49.9 Å². The van der Waals surface area contributed by atoms with Crippen molar-refractivity contribution in [2.75, 3.05) is 0 Å². The van der Waals surface area contributed by atoms with Crippen molar-refractivity contribution in [3.8, 4) is 0 Å². The largest absolute Gasteiger partial charge is 0.480 e. The van der Waals surface area contributed by atoms with Crippen LogP contribution in [0.25, 0.3) is 0 Å². The summed E-state index contributed by atoms with van der Waals surface area (Å²) in [4.78, 5) is 89.1. The lowest BCUT2D eigenvalue weighted by molar-refractivity contribution is -0.143. The SMILES string of the molecule is NC(=O)CC(N)C(=O)NC(CC(N)=O)C(=O)NC(Cc1cnc[nH]1)C(=O)NC(CC(N)=O)C(=O)O. The Morgan fingerprint density at radius 3 is 1.77 bits per heavy atom. The molecule has 17 heteroatoms. The maximum absolute atomic E-state index is 12.8. The lowest BCUT2D eigenvalue weighted by atomic mass is 10.1. The highest BCUT2D eigenvalue weighted by molar-refractivity contribution is 5.97. The smallest absolute Gasteiger partial charge is 0.326 e. The van der Waals surface area contributed by atoms with Crippen LogP contribution < -0.4 is 38.9 Å². The van der Waals surface area contributed by atoms with Crippen LogP contribution in [-0.4, -0.2) is 80.7 Å². The average Bonchev–Trinajstić information content (AvgIpc) is 3.24. The number of hydrogen-bond donors (Lipinski definition) is 9. The first-order chi connectivity index (χ1) is 16.3. The van der Waals surface area contributed by atoms with Gasteiger partial charge in [-0.2, -0.15) is 0 Å². The van der Waals surface area contributed by atoms with E-state index in [9.17, 15) is 38.7 Å². The summed E-state index contributed by atoms with van der Waals surface area (Å²) in [5, 5.41) is 15.7. The molecule has 6 amide bonds. The van der Waals surface area contributed by atoms with E-state index in [2.05, 4.69) is 25.9 Å². The van der Waals surface area contributed by atoms with Crippen LogP contribution >= 0.6 is 0 Å². The third kappa shape index (κ3) is 10.3. The Morgan fingerprint density at radius 2 is 1.29 bits per heavy atom. The fourth-order valence-electron chi connectivity index (χ4n) is 2.77. The number of nitrogens with two attached hydrogens (primary N) is 4. The Bertz CT molecular complexity index is 965. The normalized spacial score (nSPS) is 14.0. The minimum Gasteiger partial charge on any atom is -0.480 e. The Hall–Kier alpha value is -4.54. The number of nitrogens with one attached hydrogen (secondary N) is 4. The van der Waals surface area contributed by atoms with Gasteiger partial charge in [-0.1, -0.05) is 0 Å². The minimum atomic E-state index is -1.69. The number of carboxylic acids is 1. The second-order valence-corrected chi connectivity index (χ2v) is 7.42. The van der Waals surface area contributed by atoms with Gasteiger partial charge in [-0.25, -0.2) is 9.78 Å². The summed E-state index contributed by atoms with van der Waals surface area (Å²) >= 11 is 0. The molecule has 4 unspecified atom stereocenters. The van der Waals surface area contributed by atoms with Crippen molar-refractivity contribution in [3.63, 3.8) is 0 Å². The molecule has 0 radical (unpaired) electrons. The average molecular weight is 497 g/mol. The van der Waals surface area contributed by atoms with E-state index in [1.165, 1.54) is 12.5 Å². The van der Waals surface area contributed by atoms with Crippen LogP contribution in [-0.2, 0) is 40.0 Å². The summed E-state index contributed by atoms with van der Waals surface area (Å²) in [6, 6.07) is -6.17. The quantitative estimate of drug-likeness (QED) is 0.111. The highest BCUT2D eigenvalue weighted by atomic mass is 16.4. The number of hydrogen-bond acceptors (Lipinski definition) is 9. The van der Waals surface area contributed by atoms with Gasteiger partial charge in [0.2, 0.25) is 35.4 Å². The number of aromatic nitrogens is 2. The predicted molar refractivity (Wildman–Crippen MR) is 115 cm³/mol. The predicted octanol–water partition coefficient (Wildman–Crippen LogP) is -5.56. The lowest BCUT2D eigenvalue weighted by Gasteiger charge is -2.24. The Labute approximate surface area is 197 Å². The maximum atomic E-state index is 12.8. The standard InChI is InChI=1S/C18H27N9O8/c19-8(2-12(20)28)15(31)25-10(3-13(21)29)17(33)26-9(1-7-5-23-6-24-7)16(32)27-11(18(34)35)4-14(22)30/h5-6,8-11H,1-4,19H2,(H2,20,28)(H2,21,29)(H2,22,30)(H,23,24)(H,25,31)(H,26,33)(H,27,32)(H,34,35). The van der Waals surface area contributed by atoms with E-state index in [0.29, 0.717) is 5.69 Å². The van der Waals surface area contributed by atoms with Gasteiger partial charge in [0, 0.05) is 18.3 Å². The van der Waals surface area contributed by atoms with Crippen LogP contribution in [0.5, 0.6) is 0 Å². The number of rotatable bonds is 15. The summed E-state index contributed by atoms with van der Waals surface area (Å²) < 4.78 is 0. The van der Waals surface area contributed by atoms with Gasteiger partial charge < -0.3 is 49.0 Å². The van der Waals surface area contributed by atoms with Crippen LogP contribution in [0.15, 0.2) is 12.5 Å². The van der Waals surface area contributed by atoms with Gasteiger partial charge in [0.25, 0.3) is 0 Å². The molecule has 0 aliphatic heterocycles. The molecule has 17 nitrogen and oxygen atoms in total. The van der Waals surface area contributed by atoms with Crippen LogP contribution in [0, 0.1) is 0 Å². The van der Waals surface area contributed by atoms with E-state index in [-0.39, 0.29) is 6.42 Å². The Morgan fingerprint density at radius 1 is 0.800 bits per heavy atom. The maximum Gasteiger partial charge on any atom is 0.326 e. The van der Waals surface area contributed by atoms with Crippen molar-refractivity contribution in [1.82, 2.24) is 25.9 Å². The first-order valence-electron chi connectivity index (χ1n) is 10.0. The number of amides is 6. The fourth-order valence-corrected chi connectivity index (χ4v) is 2.77. The highest BCUT2D eigenvalue weighted by Crippen LogP contribution is 2.04. The highest BCUT2D eigenvalue weighted by Gasteiger charge is 2.32. The second kappa shape index (κ2) is 13.2. The molecule has 4 atom stereocenters. The number of carbonyl (C=O) groups is 7. The van der Waals surface area contributed by atoms with Crippen LogP contribution in [0.4, 0.5) is 0 Å². The topological polar surface area (TPSA) is 309 Å². The molecule has 35 heavy (non-hydrogen) atoms. The van der Waals surface area contributed by atoms with Crippen LogP contribution in [0.2, 0.25) is 0 Å². The molecule has 0 spiro atoms. The monoisotopic (exact) mass is 497 g/mol. The van der Waals surface area contributed by atoms with Gasteiger partial charge in [-0.15, -0.1) is 0 Å². The molecule has 0 aliphatic rings. The lowest BCUT2D eigenvalue weighted by Crippen LogP contribution is -2.58. The van der Waals surface area contributed by atoms with Gasteiger partial charge in [0.15, 0.2) is 0 Å². The zero-order chi connectivity index (χ0) is 26.7. The molecule has 1 heterocycles. The molecule has 0 saturated carbocycles. The van der Waals surface area contributed by atoms with E-state index >= 15 is 0 Å². The third-order valence-electron chi connectivity index (χ3n) is 4.43. The number of carbonyl (C=O) groups excluding carboxylic acids is 6. The molecule has 1 aromatic rings. The summed E-state index contributed by atoms with van der Waals surface area (Å²) in [5.41, 5.74) is 21.0. The molecule has 1 rings (SSSR count). The van der Waals surface area contributed by atoms with Gasteiger partial charge in [0.05, 0.1) is 31.6 Å². The van der Waals surface area contributed by atoms with Crippen LogP contribution in [0.3, 0.4) is 0 Å². The number of aromatic amines is 1. The summed E-state index contributed by atoms with van der Waals surface area (Å²) in [6.45, 7) is 0. The first-order valence-corrected chi connectivity index (χ1v) is 10.0. The molecular weight excluding hydrogens is 470 g/mol. The summed E-state index contributed by atoms with van der Waals surface area (Å²) in [7, 11) is 0. The molecule has 0 bridgehead atoms. The molecule has 1 aromatic heterocycles. The van der Waals surface area contributed by atoms with Gasteiger partial charge >= 0.3 is 5.97 Å². The number of nitrogens with zero attached hydrogens (tertiary/aromatic N) is 1. The third-order valence-corrected chi connectivity index (χ3v) is 4.43. The van der Waals surface area contributed by atoms with E-state index in [4.69, 9.17) is 22.9 Å². The summed E-state index contributed by atoms with van der Waals surface area (Å²) in [6.07, 6.45) is 0.436. The fraction of sp³-hybridized carbons (Fsp3) is 0.444. The Balaban J connectivity index is 3.09. The molecular formula is C18H27N9O8. The molecule has 0 saturated heterocycles. The van der Waals surface area contributed by atoms with Gasteiger partial charge in [0.1, 0.15) is 18.1 Å². The van der Waals surface area contributed by atoms with E-state index in [1.807, 2.05) is 0 Å². The van der Waals surface area contributed by atoms with Crippen molar-refractivity contribution < 1.29 is 38.7 Å². The van der Waals surface area contributed by atoms with Crippen molar-refractivity contribution >= 4 is 41.4 Å². The molecule has 0 fully saturated rings. The van der Waals surface area contributed by atoms with Crippen LogP contribution in [0.1, 0.15) is 25.0 Å². The van der Waals surface area contributed by atoms with Crippen molar-refractivity contribution in [3.05, 3.63) is 18.2 Å². The number of aliphatic carboxylic acids is 1. The Kier molecular flexibility index (Phi) is 10.8. The van der Waals surface area contributed by atoms with E-state index in [0.717, 1.165) is 0 Å². The molecule has 192 valence electrons. The molecule has 0 aliphatic carbocycles. The number of H-pyrrole nitrogens is 1. The molecule has 13 N–H and O–H groups in total.